The summed E-state index contributed by atoms with van der Waals surface area (Å²) in [5.74, 6) is 0.954. The Labute approximate surface area is 92.5 Å². The van der Waals surface area contributed by atoms with Crippen molar-refractivity contribution in [2.45, 2.75) is 12.5 Å². The van der Waals surface area contributed by atoms with Gasteiger partial charge in [0.05, 0.1) is 6.10 Å². The van der Waals surface area contributed by atoms with Crippen LogP contribution in [0.2, 0.25) is 0 Å². The molecule has 0 fully saturated rings. The van der Waals surface area contributed by atoms with Crippen LogP contribution >= 0.6 is 11.8 Å². The van der Waals surface area contributed by atoms with Crippen LogP contribution in [0.15, 0.2) is 29.0 Å². The van der Waals surface area contributed by atoms with Crippen LogP contribution in [-0.2, 0) is 0 Å². The molecule has 0 aliphatic rings. The van der Waals surface area contributed by atoms with Crippen LogP contribution in [0.25, 0.3) is 11.1 Å². The Balaban J connectivity index is 2.19. The maximum atomic E-state index is 9.87. The zero-order valence-electron chi connectivity index (χ0n) is 8.51. The van der Waals surface area contributed by atoms with Crippen LogP contribution in [-0.4, -0.2) is 22.1 Å². The molecule has 0 radical (unpaired) electrons. The second-order valence-corrected chi connectivity index (χ2v) is 4.36. The standard InChI is InChI=1S/C11H13NO2S/c1-15-5-4-10(13)8-2-3-9-11(6-8)14-7-12-9/h2-3,6-7,10,13H,4-5H2,1H3. The van der Waals surface area contributed by atoms with E-state index in [0.29, 0.717) is 0 Å². The quantitative estimate of drug-likeness (QED) is 0.865. The van der Waals surface area contributed by atoms with Gasteiger partial charge in [0.25, 0.3) is 0 Å². The summed E-state index contributed by atoms with van der Waals surface area (Å²) in [6.07, 6.45) is 3.81. The van der Waals surface area contributed by atoms with Crippen LogP contribution in [0.5, 0.6) is 0 Å². The predicted molar refractivity (Wildman–Crippen MR) is 62.0 cm³/mol. The molecule has 0 saturated heterocycles. The highest BCUT2D eigenvalue weighted by Crippen LogP contribution is 2.22. The Morgan fingerprint density at radius 3 is 3.20 bits per heavy atom. The number of nitrogens with zero attached hydrogens (tertiary/aromatic N) is 1. The van der Waals surface area contributed by atoms with Crippen LogP contribution in [0, 0.1) is 0 Å². The summed E-state index contributed by atoms with van der Waals surface area (Å²) in [4.78, 5) is 4.03. The molecule has 1 atom stereocenters. The number of aliphatic hydroxyl groups excluding tert-OH is 1. The van der Waals surface area contributed by atoms with Gasteiger partial charge in [-0.1, -0.05) is 6.07 Å². The van der Waals surface area contributed by atoms with Gasteiger partial charge >= 0.3 is 0 Å². The summed E-state index contributed by atoms with van der Waals surface area (Å²) in [6, 6.07) is 5.62. The summed E-state index contributed by atoms with van der Waals surface area (Å²) in [5.41, 5.74) is 2.46. The first kappa shape index (κ1) is 10.5. The highest BCUT2D eigenvalue weighted by atomic mass is 32.2. The number of aromatic nitrogens is 1. The summed E-state index contributed by atoms with van der Waals surface area (Å²) < 4.78 is 5.19. The first-order valence-corrected chi connectivity index (χ1v) is 6.21. The maximum Gasteiger partial charge on any atom is 0.181 e. The summed E-state index contributed by atoms with van der Waals surface area (Å²) in [6.45, 7) is 0. The highest BCUT2D eigenvalue weighted by molar-refractivity contribution is 7.98. The largest absolute Gasteiger partial charge is 0.443 e. The second-order valence-electron chi connectivity index (χ2n) is 3.38. The molecule has 0 aliphatic heterocycles. The predicted octanol–water partition coefficient (Wildman–Crippen LogP) is 2.61. The van der Waals surface area contributed by atoms with Gasteiger partial charge in [-0.25, -0.2) is 4.98 Å². The normalized spacial score (nSPS) is 13.2. The minimum absolute atomic E-state index is 0.410. The van der Waals surface area contributed by atoms with E-state index >= 15 is 0 Å². The van der Waals surface area contributed by atoms with Crippen molar-refractivity contribution in [2.75, 3.05) is 12.0 Å². The lowest BCUT2D eigenvalue weighted by atomic mass is 10.1. The molecule has 0 bridgehead atoms. The molecule has 0 aliphatic carbocycles. The van der Waals surface area contributed by atoms with E-state index in [2.05, 4.69) is 4.98 Å². The zero-order valence-corrected chi connectivity index (χ0v) is 9.33. The van der Waals surface area contributed by atoms with E-state index in [1.807, 2.05) is 24.5 Å². The average Bonchev–Trinajstić information content (AvgIpc) is 2.72. The lowest BCUT2D eigenvalue weighted by Crippen LogP contribution is -1.98. The highest BCUT2D eigenvalue weighted by Gasteiger charge is 2.08. The number of oxazole rings is 1. The number of aliphatic hydroxyl groups is 1. The third-order valence-electron chi connectivity index (χ3n) is 2.34. The first-order valence-electron chi connectivity index (χ1n) is 4.81. The lowest BCUT2D eigenvalue weighted by molar-refractivity contribution is 0.175. The molecule has 1 aromatic carbocycles. The topological polar surface area (TPSA) is 46.3 Å². The average molecular weight is 223 g/mol. The van der Waals surface area contributed by atoms with Gasteiger partial charge in [0.15, 0.2) is 12.0 Å². The van der Waals surface area contributed by atoms with Gasteiger partial charge in [0.1, 0.15) is 5.52 Å². The molecular weight excluding hydrogens is 210 g/mol. The van der Waals surface area contributed by atoms with E-state index in [9.17, 15) is 5.11 Å². The second kappa shape index (κ2) is 4.68. The van der Waals surface area contributed by atoms with Crippen molar-refractivity contribution in [3.63, 3.8) is 0 Å². The van der Waals surface area contributed by atoms with E-state index in [-0.39, 0.29) is 0 Å². The Morgan fingerprint density at radius 1 is 1.53 bits per heavy atom. The Bertz CT molecular complexity index is 441. The van der Waals surface area contributed by atoms with Crippen molar-refractivity contribution in [2.24, 2.45) is 0 Å². The van der Waals surface area contributed by atoms with Gasteiger partial charge in [-0.05, 0) is 36.1 Å². The van der Waals surface area contributed by atoms with Crippen LogP contribution in [0.1, 0.15) is 18.1 Å². The number of benzene rings is 1. The number of hydrogen-bond donors (Lipinski definition) is 1. The Kier molecular flexibility index (Phi) is 3.28. The van der Waals surface area contributed by atoms with Gasteiger partial charge in [0.2, 0.25) is 0 Å². The minimum atomic E-state index is -0.410. The van der Waals surface area contributed by atoms with Crippen molar-refractivity contribution < 1.29 is 9.52 Å². The molecule has 2 rings (SSSR count). The molecule has 0 spiro atoms. The van der Waals surface area contributed by atoms with Gasteiger partial charge in [0, 0.05) is 0 Å². The van der Waals surface area contributed by atoms with Crippen LogP contribution in [0.3, 0.4) is 0 Å². The van der Waals surface area contributed by atoms with E-state index in [1.54, 1.807) is 11.8 Å². The van der Waals surface area contributed by atoms with E-state index in [1.165, 1.54) is 6.39 Å². The van der Waals surface area contributed by atoms with Gasteiger partial charge < -0.3 is 9.52 Å². The SMILES string of the molecule is CSCCC(O)c1ccc2ncoc2c1. The van der Waals surface area contributed by atoms with Crippen molar-refractivity contribution in [3.05, 3.63) is 30.2 Å². The molecule has 4 heteroatoms. The van der Waals surface area contributed by atoms with Gasteiger partial charge in [-0.15, -0.1) is 0 Å². The molecule has 2 aromatic rings. The van der Waals surface area contributed by atoms with Crippen molar-refractivity contribution in [3.8, 4) is 0 Å². The van der Waals surface area contributed by atoms with E-state index in [4.69, 9.17) is 4.42 Å². The fourth-order valence-electron chi connectivity index (χ4n) is 1.48. The number of fused-ring (bicyclic) bond motifs is 1. The van der Waals surface area contributed by atoms with E-state index < -0.39 is 6.10 Å². The van der Waals surface area contributed by atoms with Crippen LogP contribution < -0.4 is 0 Å². The van der Waals surface area contributed by atoms with Gasteiger partial charge in [-0.2, -0.15) is 11.8 Å². The monoisotopic (exact) mass is 223 g/mol. The molecule has 0 amide bonds. The molecule has 1 unspecified atom stereocenters. The molecule has 1 aromatic heterocycles. The van der Waals surface area contributed by atoms with Crippen molar-refractivity contribution in [1.82, 2.24) is 4.98 Å². The molecular formula is C11H13NO2S. The van der Waals surface area contributed by atoms with Gasteiger partial charge in [-0.3, -0.25) is 0 Å². The molecule has 80 valence electrons. The molecule has 3 nitrogen and oxygen atoms in total. The fraction of sp³-hybridized carbons (Fsp3) is 0.364. The Hall–Kier alpha value is -1.00. The summed E-state index contributed by atoms with van der Waals surface area (Å²) in [5, 5.41) is 9.87. The number of hydrogen-bond acceptors (Lipinski definition) is 4. The molecule has 1 heterocycles. The Morgan fingerprint density at radius 2 is 2.40 bits per heavy atom. The van der Waals surface area contributed by atoms with Crippen molar-refractivity contribution >= 4 is 22.9 Å². The summed E-state index contributed by atoms with van der Waals surface area (Å²) >= 11 is 1.73. The first-order chi connectivity index (χ1) is 7.31. The maximum absolute atomic E-state index is 9.87. The molecule has 0 saturated carbocycles. The smallest absolute Gasteiger partial charge is 0.181 e. The minimum Gasteiger partial charge on any atom is -0.443 e. The van der Waals surface area contributed by atoms with Crippen molar-refractivity contribution in [1.29, 1.82) is 0 Å². The number of rotatable bonds is 4. The van der Waals surface area contributed by atoms with E-state index in [0.717, 1.165) is 28.8 Å². The lowest BCUT2D eigenvalue weighted by Gasteiger charge is -2.09. The third-order valence-corrected chi connectivity index (χ3v) is 2.98. The third kappa shape index (κ3) is 2.33. The number of thioether (sulfide) groups is 1. The molecule has 1 N–H and O–H groups in total. The summed E-state index contributed by atoms with van der Waals surface area (Å²) in [7, 11) is 0. The fourth-order valence-corrected chi connectivity index (χ4v) is 1.93. The zero-order chi connectivity index (χ0) is 10.7. The van der Waals surface area contributed by atoms with Crippen LogP contribution in [0.4, 0.5) is 0 Å². The molecule has 15 heavy (non-hydrogen) atoms.